The highest BCUT2D eigenvalue weighted by Gasteiger charge is 2.10. The molecule has 1 aromatic heterocycles. The monoisotopic (exact) mass is 412 g/mol. The molecule has 0 aliphatic heterocycles. The average molecular weight is 413 g/mol. The lowest BCUT2D eigenvalue weighted by atomic mass is 10.0. The van der Waals surface area contributed by atoms with Crippen molar-refractivity contribution in [3.05, 3.63) is 78.8 Å². The van der Waals surface area contributed by atoms with Crippen LogP contribution < -0.4 is 10.2 Å². The molecule has 1 heterocycles. The fourth-order valence-corrected chi connectivity index (χ4v) is 3.41. The zero-order valence-electron chi connectivity index (χ0n) is 17.9. The van der Waals surface area contributed by atoms with Crippen LogP contribution in [-0.2, 0) is 4.79 Å². The van der Waals surface area contributed by atoms with Gasteiger partial charge in [0, 0.05) is 41.7 Å². The van der Waals surface area contributed by atoms with Crippen molar-refractivity contribution in [2.75, 3.05) is 16.8 Å². The Bertz CT molecular complexity index is 1050. The number of benzene rings is 1. The number of carbonyl (C=O) groups is 1. The van der Waals surface area contributed by atoms with E-state index in [-0.39, 0.29) is 5.91 Å². The van der Waals surface area contributed by atoms with Crippen LogP contribution in [0, 0.1) is 12.3 Å². The minimum Gasteiger partial charge on any atom is -0.348 e. The number of rotatable bonds is 9. The lowest BCUT2D eigenvalue weighted by molar-refractivity contribution is -0.115. The predicted octanol–water partition coefficient (Wildman–Crippen LogP) is 5.60. The molecular formula is C26H28N4O. The first-order valence-corrected chi connectivity index (χ1v) is 10.5. The topological polar surface area (TPSA) is 61.0 Å². The molecular weight excluding hydrogens is 384 g/mol. The van der Waals surface area contributed by atoms with E-state index in [2.05, 4.69) is 57.2 Å². The van der Waals surface area contributed by atoms with Crippen molar-refractivity contribution in [1.82, 2.24) is 10.2 Å². The summed E-state index contributed by atoms with van der Waals surface area (Å²) in [5, 5.41) is 9.85. The van der Waals surface area contributed by atoms with Crippen molar-refractivity contribution in [3.8, 4) is 23.5 Å². The van der Waals surface area contributed by atoms with Gasteiger partial charge in [0.25, 0.3) is 0 Å². The second-order valence-electron chi connectivity index (χ2n) is 7.31. The van der Waals surface area contributed by atoms with Gasteiger partial charge in [-0.25, -0.2) is 0 Å². The summed E-state index contributed by atoms with van der Waals surface area (Å²) in [6, 6.07) is 6.02. The maximum absolute atomic E-state index is 11.9. The molecule has 158 valence electrons. The molecule has 0 atom stereocenters. The van der Waals surface area contributed by atoms with Gasteiger partial charge in [-0.1, -0.05) is 37.7 Å². The summed E-state index contributed by atoms with van der Waals surface area (Å²) in [5.74, 6) is 2.67. The average Bonchev–Trinajstić information content (AvgIpc) is 3.34. The Morgan fingerprint density at radius 2 is 2.26 bits per heavy atom. The minimum atomic E-state index is -0.0204. The fraction of sp³-hybridized carbons (Fsp3) is 0.231. The summed E-state index contributed by atoms with van der Waals surface area (Å²) in [5.41, 5.74) is 5.85. The van der Waals surface area contributed by atoms with Gasteiger partial charge in [0.05, 0.1) is 6.20 Å². The van der Waals surface area contributed by atoms with Crippen molar-refractivity contribution >= 4 is 17.3 Å². The molecule has 31 heavy (non-hydrogen) atoms. The van der Waals surface area contributed by atoms with E-state index in [0.29, 0.717) is 6.42 Å². The molecule has 2 aromatic rings. The number of amides is 1. The van der Waals surface area contributed by atoms with Crippen LogP contribution in [0.1, 0.15) is 32.6 Å². The van der Waals surface area contributed by atoms with Crippen LogP contribution >= 0.6 is 0 Å². The van der Waals surface area contributed by atoms with E-state index < -0.39 is 0 Å². The van der Waals surface area contributed by atoms with E-state index in [1.165, 1.54) is 5.57 Å². The second-order valence-corrected chi connectivity index (χ2v) is 7.31. The second kappa shape index (κ2) is 10.8. The number of hydrogen-bond donors (Lipinski definition) is 2. The zero-order chi connectivity index (χ0) is 22.1. The Morgan fingerprint density at radius 1 is 1.39 bits per heavy atom. The van der Waals surface area contributed by atoms with Crippen LogP contribution in [0.3, 0.4) is 0 Å². The molecule has 0 bridgehead atoms. The molecule has 0 saturated carbocycles. The molecule has 0 spiro atoms. The van der Waals surface area contributed by atoms with Gasteiger partial charge in [-0.05, 0) is 60.9 Å². The molecule has 0 fully saturated rings. The quantitative estimate of drug-likeness (QED) is 0.416. The first kappa shape index (κ1) is 21.9. The fourth-order valence-electron chi connectivity index (χ4n) is 3.41. The smallest absolute Gasteiger partial charge is 0.224 e. The molecule has 0 saturated heterocycles. The summed E-state index contributed by atoms with van der Waals surface area (Å²) in [6.45, 7) is 6.64. The van der Waals surface area contributed by atoms with E-state index in [0.717, 1.165) is 53.9 Å². The molecule has 5 heteroatoms. The highest BCUT2D eigenvalue weighted by atomic mass is 16.1. The molecule has 1 amide bonds. The Hall–Kier alpha value is -3.78. The van der Waals surface area contributed by atoms with E-state index in [1.54, 1.807) is 6.20 Å². The predicted molar refractivity (Wildman–Crippen MR) is 128 cm³/mol. The maximum Gasteiger partial charge on any atom is 0.224 e. The van der Waals surface area contributed by atoms with Gasteiger partial charge in [-0.3, -0.25) is 9.89 Å². The van der Waals surface area contributed by atoms with E-state index in [4.69, 9.17) is 6.42 Å². The first-order valence-electron chi connectivity index (χ1n) is 10.5. The van der Waals surface area contributed by atoms with Crippen molar-refractivity contribution in [1.29, 1.82) is 0 Å². The number of anilines is 2. The van der Waals surface area contributed by atoms with Crippen LogP contribution in [0.5, 0.6) is 0 Å². The molecule has 3 rings (SSSR count). The van der Waals surface area contributed by atoms with Crippen molar-refractivity contribution in [2.24, 2.45) is 0 Å². The maximum atomic E-state index is 11.9. The minimum absolute atomic E-state index is 0.0204. The Morgan fingerprint density at radius 3 is 2.97 bits per heavy atom. The van der Waals surface area contributed by atoms with Gasteiger partial charge >= 0.3 is 0 Å². The highest BCUT2D eigenvalue weighted by Crippen LogP contribution is 2.29. The van der Waals surface area contributed by atoms with Gasteiger partial charge in [0.2, 0.25) is 5.91 Å². The van der Waals surface area contributed by atoms with Gasteiger partial charge in [0.1, 0.15) is 0 Å². The molecule has 2 N–H and O–H groups in total. The number of allylic oxidation sites excluding steroid dienone is 6. The SMILES string of the molecule is C#CC1=C/C(=C/CCCN(C=C)c2cc(NC(=O)CC)cc(-c3cn[nH]c3)c2)CC=C1. The highest BCUT2D eigenvalue weighted by molar-refractivity contribution is 5.92. The number of terminal acetylenes is 1. The summed E-state index contributed by atoms with van der Waals surface area (Å²) in [7, 11) is 0. The van der Waals surface area contributed by atoms with Crippen molar-refractivity contribution < 1.29 is 4.79 Å². The van der Waals surface area contributed by atoms with Crippen LogP contribution in [0.15, 0.2) is 78.8 Å². The normalized spacial score (nSPS) is 14.1. The number of carbonyl (C=O) groups excluding carboxylic acids is 1. The van der Waals surface area contributed by atoms with Crippen molar-refractivity contribution in [3.63, 3.8) is 0 Å². The standard InChI is InChI=1S/C26H28N4O/c1-4-20-11-9-12-21(14-20)10-7-8-13-30(6-3)25-16-22(23-18-27-28-19-23)15-24(17-25)29-26(31)5-2/h1,6,9-11,14-19H,3,5,7-8,12-13H2,2H3,(H,27,28)(H,29,31)/b21-10+. The lowest BCUT2D eigenvalue weighted by Crippen LogP contribution is -2.17. The molecule has 1 aromatic carbocycles. The summed E-state index contributed by atoms with van der Waals surface area (Å²) < 4.78 is 0. The van der Waals surface area contributed by atoms with Gasteiger partial charge in [-0.15, -0.1) is 6.42 Å². The molecule has 1 aliphatic carbocycles. The number of nitrogens with one attached hydrogen (secondary N) is 2. The third-order valence-electron chi connectivity index (χ3n) is 5.07. The number of H-pyrrole nitrogens is 1. The molecule has 0 unspecified atom stereocenters. The van der Waals surface area contributed by atoms with Crippen LogP contribution in [-0.4, -0.2) is 22.6 Å². The van der Waals surface area contributed by atoms with Gasteiger partial charge in [-0.2, -0.15) is 5.10 Å². The van der Waals surface area contributed by atoms with Gasteiger partial charge < -0.3 is 10.2 Å². The Kier molecular flexibility index (Phi) is 7.67. The molecule has 1 aliphatic rings. The Balaban J connectivity index is 1.73. The summed E-state index contributed by atoms with van der Waals surface area (Å²) >= 11 is 0. The third-order valence-corrected chi connectivity index (χ3v) is 5.07. The molecule has 5 nitrogen and oxygen atoms in total. The van der Waals surface area contributed by atoms with E-state index in [9.17, 15) is 4.79 Å². The van der Waals surface area contributed by atoms with Crippen LogP contribution in [0.25, 0.3) is 11.1 Å². The number of unbranched alkanes of at least 4 members (excludes halogenated alkanes) is 1. The first-order chi connectivity index (χ1) is 15.1. The number of nitrogens with zero attached hydrogens (tertiary/aromatic N) is 2. The number of aromatic amines is 1. The third kappa shape index (κ3) is 6.10. The number of hydrogen-bond acceptors (Lipinski definition) is 3. The van der Waals surface area contributed by atoms with E-state index >= 15 is 0 Å². The van der Waals surface area contributed by atoms with Crippen molar-refractivity contribution in [2.45, 2.75) is 32.6 Å². The zero-order valence-corrected chi connectivity index (χ0v) is 17.9. The largest absolute Gasteiger partial charge is 0.348 e. The summed E-state index contributed by atoms with van der Waals surface area (Å²) in [4.78, 5) is 14.0. The van der Waals surface area contributed by atoms with Crippen LogP contribution in [0.2, 0.25) is 0 Å². The van der Waals surface area contributed by atoms with Gasteiger partial charge in [0.15, 0.2) is 0 Å². The summed E-state index contributed by atoms with van der Waals surface area (Å²) in [6.07, 6.45) is 22.6. The van der Waals surface area contributed by atoms with E-state index in [1.807, 2.05) is 37.5 Å². The van der Waals surface area contributed by atoms with Crippen LogP contribution in [0.4, 0.5) is 11.4 Å². The molecule has 0 radical (unpaired) electrons. The number of aromatic nitrogens is 2. The Labute approximate surface area is 184 Å². The lowest BCUT2D eigenvalue weighted by Gasteiger charge is -2.22.